The van der Waals surface area contributed by atoms with Gasteiger partial charge in [-0.2, -0.15) is 13.2 Å². The number of aliphatic hydroxyl groups is 1. The van der Waals surface area contributed by atoms with Gasteiger partial charge >= 0.3 is 6.18 Å². The summed E-state index contributed by atoms with van der Waals surface area (Å²) in [5.74, 6) is -0.990. The lowest BCUT2D eigenvalue weighted by molar-refractivity contribution is -0.139. The number of nitrogens with two attached hydrogens (primary N) is 1. The Morgan fingerprint density at radius 2 is 1.94 bits per heavy atom. The van der Waals surface area contributed by atoms with Gasteiger partial charge in [0.1, 0.15) is 5.82 Å². The summed E-state index contributed by atoms with van der Waals surface area (Å²) < 4.78 is 50.3. The zero-order valence-corrected chi connectivity index (χ0v) is 8.26. The molecule has 0 aliphatic rings. The maximum Gasteiger partial charge on any atom is 0.416 e. The molecule has 1 atom stereocenters. The van der Waals surface area contributed by atoms with Gasteiger partial charge in [-0.15, -0.1) is 0 Å². The largest absolute Gasteiger partial charge is 0.416 e. The van der Waals surface area contributed by atoms with E-state index in [-0.39, 0.29) is 18.5 Å². The smallest absolute Gasteiger partial charge is 0.388 e. The number of halogens is 4. The Morgan fingerprint density at radius 1 is 1.31 bits per heavy atom. The minimum Gasteiger partial charge on any atom is -0.388 e. The van der Waals surface area contributed by atoms with E-state index in [0.29, 0.717) is 6.07 Å². The van der Waals surface area contributed by atoms with E-state index in [2.05, 4.69) is 0 Å². The minimum absolute atomic E-state index is 0.00525. The molecule has 1 aromatic carbocycles. The molecule has 6 heteroatoms. The molecule has 16 heavy (non-hydrogen) atoms. The number of rotatable bonds is 3. The fraction of sp³-hybridized carbons (Fsp3) is 0.400. The van der Waals surface area contributed by atoms with Gasteiger partial charge in [-0.3, -0.25) is 0 Å². The Bertz CT molecular complexity index is 364. The van der Waals surface area contributed by atoms with Crippen LogP contribution in [0.25, 0.3) is 0 Å². The van der Waals surface area contributed by atoms with Gasteiger partial charge in [0, 0.05) is 0 Å². The molecule has 0 amide bonds. The Morgan fingerprint density at radius 3 is 2.44 bits per heavy atom. The van der Waals surface area contributed by atoms with Crippen LogP contribution in [0.3, 0.4) is 0 Å². The molecule has 1 rings (SSSR count). The van der Waals surface area contributed by atoms with Crippen LogP contribution in [-0.4, -0.2) is 11.7 Å². The van der Waals surface area contributed by atoms with E-state index in [9.17, 15) is 22.7 Å². The molecule has 0 unspecified atom stereocenters. The predicted molar refractivity (Wildman–Crippen MR) is 50.0 cm³/mol. The number of hydrogen-bond acceptors (Lipinski definition) is 2. The van der Waals surface area contributed by atoms with Crippen molar-refractivity contribution in [1.29, 1.82) is 0 Å². The molecular formula is C10H11F4NO. The van der Waals surface area contributed by atoms with Crippen LogP contribution < -0.4 is 5.73 Å². The summed E-state index contributed by atoms with van der Waals surface area (Å²) in [4.78, 5) is 0. The lowest BCUT2D eigenvalue weighted by Crippen LogP contribution is -2.14. The molecule has 90 valence electrons. The standard InChI is InChI=1S/C10H11F4NO/c11-6-1-2-7(9(16)3-4-15)8(5-6)10(12,13)14/h1-2,5,9,16H,3-4,15H2/t9-/m1/s1. The van der Waals surface area contributed by atoms with Crippen molar-refractivity contribution in [3.05, 3.63) is 35.1 Å². The lowest BCUT2D eigenvalue weighted by Gasteiger charge is -2.17. The first-order valence-corrected chi connectivity index (χ1v) is 4.61. The second-order valence-electron chi connectivity index (χ2n) is 3.32. The molecule has 0 saturated carbocycles. The SMILES string of the molecule is NCC[C@@H](O)c1ccc(F)cc1C(F)(F)F. The average molecular weight is 237 g/mol. The number of aliphatic hydroxyl groups excluding tert-OH is 1. The van der Waals surface area contributed by atoms with Gasteiger partial charge < -0.3 is 10.8 Å². The second-order valence-corrected chi connectivity index (χ2v) is 3.32. The van der Waals surface area contributed by atoms with Crippen molar-refractivity contribution in [2.24, 2.45) is 5.73 Å². The van der Waals surface area contributed by atoms with Crippen molar-refractivity contribution in [2.75, 3.05) is 6.54 Å². The molecule has 0 spiro atoms. The summed E-state index contributed by atoms with van der Waals surface area (Å²) in [5.41, 5.74) is 3.63. The minimum atomic E-state index is -4.69. The Kier molecular flexibility index (Phi) is 3.88. The third-order valence-electron chi connectivity index (χ3n) is 2.12. The number of hydrogen-bond donors (Lipinski definition) is 2. The van der Waals surface area contributed by atoms with E-state index in [0.717, 1.165) is 12.1 Å². The van der Waals surface area contributed by atoms with Gasteiger partial charge in [-0.1, -0.05) is 6.07 Å². The highest BCUT2D eigenvalue weighted by atomic mass is 19.4. The van der Waals surface area contributed by atoms with E-state index >= 15 is 0 Å². The fourth-order valence-electron chi connectivity index (χ4n) is 1.38. The Hall–Kier alpha value is -1.14. The number of alkyl halides is 3. The first kappa shape index (κ1) is 12.9. The molecule has 0 aromatic heterocycles. The predicted octanol–water partition coefficient (Wildman–Crippen LogP) is 2.23. The van der Waals surface area contributed by atoms with Gasteiger partial charge in [-0.25, -0.2) is 4.39 Å². The topological polar surface area (TPSA) is 46.2 Å². The summed E-state index contributed by atoms with van der Waals surface area (Å²) in [7, 11) is 0. The normalized spacial score (nSPS) is 13.9. The van der Waals surface area contributed by atoms with E-state index < -0.39 is 23.7 Å². The maximum absolute atomic E-state index is 12.7. The van der Waals surface area contributed by atoms with Crippen LogP contribution >= 0.6 is 0 Å². The molecule has 1 aromatic rings. The third kappa shape index (κ3) is 2.93. The van der Waals surface area contributed by atoms with E-state index in [1.807, 2.05) is 0 Å². The van der Waals surface area contributed by atoms with Crippen LogP contribution in [0.1, 0.15) is 23.7 Å². The molecule has 0 bridgehead atoms. The van der Waals surface area contributed by atoms with Gasteiger partial charge in [0.05, 0.1) is 11.7 Å². The molecule has 0 aliphatic carbocycles. The maximum atomic E-state index is 12.7. The monoisotopic (exact) mass is 237 g/mol. The van der Waals surface area contributed by atoms with Crippen molar-refractivity contribution in [3.8, 4) is 0 Å². The zero-order valence-electron chi connectivity index (χ0n) is 8.26. The van der Waals surface area contributed by atoms with Crippen LogP contribution in [0.5, 0.6) is 0 Å². The van der Waals surface area contributed by atoms with Gasteiger partial charge in [-0.05, 0) is 30.7 Å². The molecule has 0 radical (unpaired) electrons. The average Bonchev–Trinajstić information content (AvgIpc) is 2.16. The van der Waals surface area contributed by atoms with E-state index in [1.54, 1.807) is 0 Å². The number of benzene rings is 1. The van der Waals surface area contributed by atoms with Crippen molar-refractivity contribution >= 4 is 0 Å². The summed E-state index contributed by atoms with van der Waals surface area (Å²) in [6.45, 7) is 0.0514. The highest BCUT2D eigenvalue weighted by Gasteiger charge is 2.35. The summed E-state index contributed by atoms with van der Waals surface area (Å²) >= 11 is 0. The van der Waals surface area contributed by atoms with Crippen LogP contribution in [0.2, 0.25) is 0 Å². The summed E-state index contributed by atoms with van der Waals surface area (Å²) in [5, 5.41) is 9.45. The third-order valence-corrected chi connectivity index (χ3v) is 2.12. The molecule has 0 saturated heterocycles. The molecule has 2 nitrogen and oxygen atoms in total. The summed E-state index contributed by atoms with van der Waals surface area (Å²) in [6.07, 6.45) is -6.02. The fourth-order valence-corrected chi connectivity index (χ4v) is 1.38. The van der Waals surface area contributed by atoms with Gasteiger partial charge in [0.25, 0.3) is 0 Å². The Balaban J connectivity index is 3.18. The Labute approximate surface area is 89.7 Å². The molecule has 0 fully saturated rings. The molecule has 0 heterocycles. The van der Waals surface area contributed by atoms with Crippen LogP contribution in [0, 0.1) is 5.82 Å². The van der Waals surface area contributed by atoms with Gasteiger partial charge in [0.15, 0.2) is 0 Å². The molecule has 0 aliphatic heterocycles. The summed E-state index contributed by atoms with van der Waals surface area (Å²) in [6, 6.07) is 2.18. The van der Waals surface area contributed by atoms with Crippen molar-refractivity contribution in [1.82, 2.24) is 0 Å². The quantitative estimate of drug-likeness (QED) is 0.792. The first-order valence-electron chi connectivity index (χ1n) is 4.61. The molecule has 3 N–H and O–H groups in total. The first-order chi connectivity index (χ1) is 7.36. The highest BCUT2D eigenvalue weighted by Crippen LogP contribution is 2.35. The van der Waals surface area contributed by atoms with Crippen molar-refractivity contribution < 1.29 is 22.7 Å². The van der Waals surface area contributed by atoms with Crippen LogP contribution in [0.4, 0.5) is 17.6 Å². The second kappa shape index (κ2) is 4.80. The highest BCUT2D eigenvalue weighted by molar-refractivity contribution is 5.32. The zero-order chi connectivity index (χ0) is 12.3. The molecular weight excluding hydrogens is 226 g/mol. The van der Waals surface area contributed by atoms with E-state index in [4.69, 9.17) is 5.73 Å². The van der Waals surface area contributed by atoms with Gasteiger partial charge in [0.2, 0.25) is 0 Å². The lowest BCUT2D eigenvalue weighted by atomic mass is 9.99. The van der Waals surface area contributed by atoms with Crippen LogP contribution in [0.15, 0.2) is 18.2 Å². The van der Waals surface area contributed by atoms with Crippen molar-refractivity contribution in [3.63, 3.8) is 0 Å². The van der Waals surface area contributed by atoms with Crippen LogP contribution in [-0.2, 0) is 6.18 Å². The van der Waals surface area contributed by atoms with E-state index in [1.165, 1.54) is 0 Å². The van der Waals surface area contributed by atoms with Crippen molar-refractivity contribution in [2.45, 2.75) is 18.7 Å².